The first kappa shape index (κ1) is 23.2. The first-order valence-electron chi connectivity index (χ1n) is 11.8. The summed E-state index contributed by atoms with van der Waals surface area (Å²) in [6, 6.07) is 17.3. The molecule has 6 rings (SSSR count). The van der Waals surface area contributed by atoms with Gasteiger partial charge in [-0.3, -0.25) is 14.2 Å². The van der Waals surface area contributed by atoms with E-state index in [1.807, 2.05) is 12.1 Å². The number of benzene rings is 4. The van der Waals surface area contributed by atoms with Gasteiger partial charge in [0, 0.05) is 40.1 Å². The van der Waals surface area contributed by atoms with Crippen LogP contribution in [0.15, 0.2) is 80.7 Å². The Morgan fingerprint density at radius 3 is 2.00 bits per heavy atom. The zero-order valence-corrected chi connectivity index (χ0v) is 19.4. The summed E-state index contributed by atoms with van der Waals surface area (Å²) in [5, 5.41) is 12.6. The highest BCUT2D eigenvalue weighted by atomic mass is 19.4. The van der Waals surface area contributed by atoms with Gasteiger partial charge in [0.15, 0.2) is 0 Å². The number of halogens is 3. The van der Waals surface area contributed by atoms with Gasteiger partial charge >= 0.3 is 6.18 Å². The van der Waals surface area contributed by atoms with Crippen molar-refractivity contribution in [3.8, 4) is 11.1 Å². The number of hydrogen-bond acceptors (Lipinski definition) is 4. The molecule has 1 N–H and O–H groups in total. The average Bonchev–Trinajstić information content (AvgIpc) is 2.89. The van der Waals surface area contributed by atoms with E-state index in [2.05, 4.69) is 0 Å². The monoisotopic (exact) mass is 503 g/mol. The fraction of sp³-hybridized carbons (Fsp3) is 0.172. The normalized spacial score (nSPS) is 12.4. The van der Waals surface area contributed by atoms with Gasteiger partial charge in [0.25, 0.3) is 11.1 Å². The molecule has 0 saturated heterocycles. The molecule has 5 nitrogen and oxygen atoms in total. The summed E-state index contributed by atoms with van der Waals surface area (Å²) in [4.78, 5) is 26.5. The minimum atomic E-state index is -4.41. The summed E-state index contributed by atoms with van der Waals surface area (Å²) in [6.07, 6.45) is -3.42. The molecule has 2 aromatic heterocycles. The number of pyridine rings is 1. The van der Waals surface area contributed by atoms with E-state index in [1.54, 1.807) is 30.3 Å². The Bertz CT molecular complexity index is 1890. The zero-order chi connectivity index (χ0) is 25.9. The minimum absolute atomic E-state index is 0.0136. The third kappa shape index (κ3) is 3.67. The van der Waals surface area contributed by atoms with Crippen LogP contribution in [0.3, 0.4) is 0 Å². The Hall–Kier alpha value is -4.17. The van der Waals surface area contributed by atoms with Gasteiger partial charge in [0.2, 0.25) is 0 Å². The summed E-state index contributed by atoms with van der Waals surface area (Å²) in [6.45, 7) is 0.207. The second kappa shape index (κ2) is 8.45. The average molecular weight is 503 g/mol. The molecule has 0 saturated carbocycles. The van der Waals surface area contributed by atoms with Crippen molar-refractivity contribution in [2.24, 2.45) is 0 Å². The van der Waals surface area contributed by atoms with Gasteiger partial charge in [0.05, 0.1) is 5.56 Å². The highest BCUT2D eigenvalue weighted by Gasteiger charge is 2.30. The van der Waals surface area contributed by atoms with Gasteiger partial charge < -0.3 is 9.52 Å². The van der Waals surface area contributed by atoms with Crippen LogP contribution in [0, 0.1) is 0 Å². The molecule has 2 heterocycles. The first-order valence-corrected chi connectivity index (χ1v) is 11.8. The fourth-order valence-electron chi connectivity index (χ4n) is 5.08. The van der Waals surface area contributed by atoms with Gasteiger partial charge in [-0.25, -0.2) is 0 Å². The van der Waals surface area contributed by atoms with Gasteiger partial charge in [-0.1, -0.05) is 24.3 Å². The van der Waals surface area contributed by atoms with Crippen LogP contribution >= 0.6 is 0 Å². The topological polar surface area (TPSA) is 72.4 Å². The third-order valence-corrected chi connectivity index (χ3v) is 6.90. The summed E-state index contributed by atoms with van der Waals surface area (Å²) < 4.78 is 46.3. The molecule has 0 atom stereocenters. The van der Waals surface area contributed by atoms with Gasteiger partial charge in [-0.05, 0) is 71.8 Å². The van der Waals surface area contributed by atoms with Crippen molar-refractivity contribution < 1.29 is 22.7 Å². The molecule has 0 fully saturated rings. The van der Waals surface area contributed by atoms with Crippen molar-refractivity contribution in [3.05, 3.63) is 93.0 Å². The predicted molar refractivity (Wildman–Crippen MR) is 137 cm³/mol. The molecule has 0 unspecified atom stereocenters. The molecule has 0 aliphatic rings. The molecular formula is C29H20F3NO4. The minimum Gasteiger partial charge on any atom is -0.456 e. The van der Waals surface area contributed by atoms with Crippen molar-refractivity contribution >= 4 is 43.5 Å². The molecule has 0 aliphatic carbocycles. The lowest BCUT2D eigenvalue weighted by atomic mass is 9.95. The maximum Gasteiger partial charge on any atom is 0.416 e. The number of aliphatic hydroxyl groups is 1. The van der Waals surface area contributed by atoms with E-state index < -0.39 is 11.7 Å². The molecule has 0 aliphatic heterocycles. The van der Waals surface area contributed by atoms with Crippen LogP contribution in [0.4, 0.5) is 13.2 Å². The van der Waals surface area contributed by atoms with Crippen molar-refractivity contribution in [2.75, 3.05) is 6.61 Å². The molecular weight excluding hydrogens is 483 g/mol. The van der Waals surface area contributed by atoms with E-state index in [-0.39, 0.29) is 24.3 Å². The number of fused-ring (bicyclic) bond motifs is 2. The Morgan fingerprint density at radius 1 is 0.703 bits per heavy atom. The number of aliphatic hydroxyl groups excluding tert-OH is 1. The summed E-state index contributed by atoms with van der Waals surface area (Å²) in [7, 11) is 0. The maximum absolute atomic E-state index is 13.2. The highest BCUT2D eigenvalue weighted by molar-refractivity contribution is 6.26. The second-order valence-electron chi connectivity index (χ2n) is 9.10. The molecule has 0 radical (unpaired) electrons. The van der Waals surface area contributed by atoms with E-state index in [4.69, 9.17) is 9.52 Å². The summed E-state index contributed by atoms with van der Waals surface area (Å²) in [5.74, 6) is 0. The van der Waals surface area contributed by atoms with Crippen molar-refractivity contribution in [1.82, 2.24) is 4.57 Å². The largest absolute Gasteiger partial charge is 0.456 e. The van der Waals surface area contributed by atoms with E-state index in [9.17, 15) is 22.8 Å². The third-order valence-electron chi connectivity index (χ3n) is 6.90. The van der Waals surface area contributed by atoms with E-state index in [1.165, 1.54) is 16.7 Å². The molecule has 0 spiro atoms. The molecule has 186 valence electrons. The molecule has 6 aromatic rings. The Morgan fingerprint density at radius 2 is 1.32 bits per heavy atom. The smallest absolute Gasteiger partial charge is 0.416 e. The molecule has 8 heteroatoms. The Kier molecular flexibility index (Phi) is 5.31. The van der Waals surface area contributed by atoms with Gasteiger partial charge in [-0.2, -0.15) is 13.2 Å². The Labute approximate surface area is 207 Å². The van der Waals surface area contributed by atoms with E-state index >= 15 is 0 Å². The van der Waals surface area contributed by atoms with Crippen molar-refractivity contribution in [2.45, 2.75) is 25.6 Å². The van der Waals surface area contributed by atoms with Crippen molar-refractivity contribution in [1.29, 1.82) is 0 Å². The number of unbranched alkanes of at least 4 members (excludes halogenated alkanes) is 1. The van der Waals surface area contributed by atoms with Crippen LogP contribution in [-0.4, -0.2) is 16.3 Å². The van der Waals surface area contributed by atoms with E-state index in [0.29, 0.717) is 56.7 Å². The van der Waals surface area contributed by atoms with Crippen LogP contribution in [0.5, 0.6) is 0 Å². The number of rotatable bonds is 5. The molecule has 0 bridgehead atoms. The highest BCUT2D eigenvalue weighted by Crippen LogP contribution is 2.38. The van der Waals surface area contributed by atoms with Gasteiger partial charge in [-0.15, -0.1) is 0 Å². The van der Waals surface area contributed by atoms with Crippen LogP contribution in [-0.2, 0) is 12.7 Å². The fourth-order valence-corrected chi connectivity index (χ4v) is 5.08. The summed E-state index contributed by atoms with van der Waals surface area (Å²) in [5.41, 5.74) is 0.942. The summed E-state index contributed by atoms with van der Waals surface area (Å²) >= 11 is 0. The van der Waals surface area contributed by atoms with Crippen LogP contribution in [0.2, 0.25) is 0 Å². The first-order chi connectivity index (χ1) is 17.8. The number of alkyl halides is 3. The van der Waals surface area contributed by atoms with Crippen LogP contribution in [0.1, 0.15) is 18.4 Å². The van der Waals surface area contributed by atoms with Crippen LogP contribution in [0.25, 0.3) is 54.6 Å². The quantitative estimate of drug-likeness (QED) is 0.170. The predicted octanol–water partition coefficient (Wildman–Crippen LogP) is 6.31. The number of aromatic nitrogens is 1. The Balaban J connectivity index is 1.59. The van der Waals surface area contributed by atoms with E-state index in [0.717, 1.165) is 22.9 Å². The second-order valence-corrected chi connectivity index (χ2v) is 9.10. The molecule has 37 heavy (non-hydrogen) atoms. The lowest BCUT2D eigenvalue weighted by Crippen LogP contribution is -2.33. The lowest BCUT2D eigenvalue weighted by Gasteiger charge is -2.14. The standard InChI is InChI=1S/C29H20F3NO4/c30-29(31,32)18-6-3-16(4-7-18)17-5-11-23-22(15-17)19-8-9-20-25-21(10-12-24(37-23)26(19)25)28(36)33(27(20)35)13-1-2-14-34/h3-12,15,34H,1-2,13-14H2. The van der Waals surface area contributed by atoms with Crippen LogP contribution < -0.4 is 11.1 Å². The lowest BCUT2D eigenvalue weighted by molar-refractivity contribution is -0.137. The van der Waals surface area contributed by atoms with Gasteiger partial charge in [0.1, 0.15) is 11.2 Å². The SMILES string of the molecule is O=c1c2ccc3oc4ccc(-c5ccc(C(F)(F)F)cc5)cc4c4ccc(c(=O)n1CCCCO)c2c34. The molecule has 4 aromatic carbocycles. The zero-order valence-electron chi connectivity index (χ0n) is 19.4. The van der Waals surface area contributed by atoms with Crippen molar-refractivity contribution in [3.63, 3.8) is 0 Å². The molecule has 0 amide bonds. The number of hydrogen-bond donors (Lipinski definition) is 1. The number of nitrogens with zero attached hydrogens (tertiary/aromatic N) is 1. The maximum atomic E-state index is 13.2.